The summed E-state index contributed by atoms with van der Waals surface area (Å²) in [6.07, 6.45) is 1.10. The molecule has 1 amide bonds. The van der Waals surface area contributed by atoms with Gasteiger partial charge >= 0.3 is 0 Å². The number of benzene rings is 2. The number of rotatable bonds is 5. The van der Waals surface area contributed by atoms with Crippen LogP contribution in [0.15, 0.2) is 54.6 Å². The Hall–Kier alpha value is -2.61. The second kappa shape index (κ2) is 7.96. The summed E-state index contributed by atoms with van der Waals surface area (Å²) in [5.41, 5.74) is 1.38. The van der Waals surface area contributed by atoms with Crippen molar-refractivity contribution in [1.29, 1.82) is 0 Å². The minimum atomic E-state index is -3.57. The predicted molar refractivity (Wildman–Crippen MR) is 104 cm³/mol. The minimum absolute atomic E-state index is 0.223. The van der Waals surface area contributed by atoms with Crippen LogP contribution >= 0.6 is 0 Å². The van der Waals surface area contributed by atoms with E-state index < -0.39 is 10.0 Å². The van der Waals surface area contributed by atoms with Gasteiger partial charge in [-0.2, -0.15) is 0 Å². The second-order valence-electron chi connectivity index (χ2n) is 6.45. The lowest BCUT2D eigenvalue weighted by Crippen LogP contribution is -2.52. The highest BCUT2D eigenvalue weighted by atomic mass is 32.2. The van der Waals surface area contributed by atoms with Crippen LogP contribution in [-0.2, 0) is 14.8 Å². The van der Waals surface area contributed by atoms with E-state index in [0.717, 1.165) is 16.2 Å². The lowest BCUT2D eigenvalue weighted by atomic mass is 10.2. The van der Waals surface area contributed by atoms with Gasteiger partial charge in [-0.1, -0.05) is 18.2 Å². The predicted octanol–water partition coefficient (Wildman–Crippen LogP) is 1.94. The third-order valence-corrected chi connectivity index (χ3v) is 5.69. The zero-order chi connectivity index (χ0) is 19.4. The summed E-state index contributed by atoms with van der Waals surface area (Å²) in [6.45, 7) is 1.98. The molecule has 27 heavy (non-hydrogen) atoms. The highest BCUT2D eigenvalue weighted by Gasteiger charge is 2.26. The van der Waals surface area contributed by atoms with Crippen molar-refractivity contribution < 1.29 is 17.6 Å². The van der Waals surface area contributed by atoms with Gasteiger partial charge in [0, 0.05) is 31.9 Å². The molecular formula is C19H22FN3O3S. The van der Waals surface area contributed by atoms with E-state index >= 15 is 0 Å². The van der Waals surface area contributed by atoms with Crippen molar-refractivity contribution >= 4 is 27.3 Å². The second-order valence-corrected chi connectivity index (χ2v) is 8.36. The molecule has 0 radical (unpaired) electrons. The summed E-state index contributed by atoms with van der Waals surface area (Å²) >= 11 is 0. The maximum absolute atomic E-state index is 13.1. The molecule has 2 aromatic carbocycles. The Balaban J connectivity index is 1.64. The molecule has 8 heteroatoms. The highest BCUT2D eigenvalue weighted by molar-refractivity contribution is 7.92. The number of para-hydroxylation sites is 1. The molecule has 2 aromatic rings. The molecule has 0 spiro atoms. The van der Waals surface area contributed by atoms with E-state index in [1.807, 2.05) is 0 Å². The average Bonchev–Trinajstić information content (AvgIpc) is 2.66. The monoisotopic (exact) mass is 391 g/mol. The van der Waals surface area contributed by atoms with Gasteiger partial charge in [-0.25, -0.2) is 12.8 Å². The minimum Gasteiger partial charge on any atom is -0.368 e. The molecule has 1 saturated heterocycles. The van der Waals surface area contributed by atoms with Gasteiger partial charge in [0.15, 0.2) is 0 Å². The lowest BCUT2D eigenvalue weighted by Gasteiger charge is -2.37. The number of halogens is 1. The first-order valence-corrected chi connectivity index (χ1v) is 10.5. The van der Waals surface area contributed by atoms with E-state index in [9.17, 15) is 17.6 Å². The number of carbonyl (C=O) groups excluding carboxylic acids is 1. The molecule has 0 atom stereocenters. The number of anilines is 2. The molecule has 1 aliphatic heterocycles. The third kappa shape index (κ3) is 4.77. The van der Waals surface area contributed by atoms with Gasteiger partial charge in [0.25, 0.3) is 0 Å². The molecule has 1 fully saturated rings. The molecule has 6 nitrogen and oxygen atoms in total. The lowest BCUT2D eigenvalue weighted by molar-refractivity contribution is -0.129. The number of hydrogen-bond donors (Lipinski definition) is 0. The Bertz CT molecular complexity index is 880. The number of sulfonamides is 1. The summed E-state index contributed by atoms with van der Waals surface area (Å²) in [5.74, 6) is -0.516. The maximum Gasteiger partial charge on any atom is 0.243 e. The topological polar surface area (TPSA) is 60.9 Å². The van der Waals surface area contributed by atoms with Crippen LogP contribution in [0.3, 0.4) is 0 Å². The summed E-state index contributed by atoms with van der Waals surface area (Å²) in [6, 6.07) is 14.9. The van der Waals surface area contributed by atoms with E-state index in [2.05, 4.69) is 4.90 Å². The molecule has 1 aliphatic rings. The van der Waals surface area contributed by atoms with Gasteiger partial charge in [-0.3, -0.25) is 9.10 Å². The van der Waals surface area contributed by atoms with Crippen LogP contribution in [0.5, 0.6) is 0 Å². The maximum atomic E-state index is 13.1. The molecule has 0 unspecified atom stereocenters. The summed E-state index contributed by atoms with van der Waals surface area (Å²) in [7, 11) is -3.57. The summed E-state index contributed by atoms with van der Waals surface area (Å²) < 4.78 is 38.4. The molecular weight excluding hydrogens is 369 g/mol. The quantitative estimate of drug-likeness (QED) is 0.782. The summed E-state index contributed by atoms with van der Waals surface area (Å²) in [4.78, 5) is 16.4. The zero-order valence-corrected chi connectivity index (χ0v) is 15.9. The number of nitrogens with zero attached hydrogens (tertiary/aromatic N) is 3. The van der Waals surface area contributed by atoms with Gasteiger partial charge in [-0.15, -0.1) is 0 Å². The fraction of sp³-hybridized carbons (Fsp3) is 0.316. The van der Waals surface area contributed by atoms with Crippen molar-refractivity contribution in [2.75, 3.05) is 48.2 Å². The van der Waals surface area contributed by atoms with E-state index in [4.69, 9.17) is 0 Å². The van der Waals surface area contributed by atoms with E-state index in [1.54, 1.807) is 47.4 Å². The normalized spacial score (nSPS) is 14.9. The standard InChI is InChI=1S/C19H22FN3O3S/c1-27(25,26)23(18-5-3-2-4-6-18)15-19(24)22-13-11-21(12-14-22)17-9-7-16(20)8-10-17/h2-10H,11-15H2,1H3. The van der Waals surface area contributed by atoms with Gasteiger partial charge in [0.2, 0.25) is 15.9 Å². The van der Waals surface area contributed by atoms with Crippen molar-refractivity contribution in [3.63, 3.8) is 0 Å². The highest BCUT2D eigenvalue weighted by Crippen LogP contribution is 2.19. The van der Waals surface area contributed by atoms with Crippen LogP contribution in [0.4, 0.5) is 15.8 Å². The van der Waals surface area contributed by atoms with Crippen molar-refractivity contribution in [2.24, 2.45) is 0 Å². The zero-order valence-electron chi connectivity index (χ0n) is 15.1. The smallest absolute Gasteiger partial charge is 0.243 e. The molecule has 0 N–H and O–H groups in total. The van der Waals surface area contributed by atoms with E-state index in [-0.39, 0.29) is 18.3 Å². The van der Waals surface area contributed by atoms with Crippen molar-refractivity contribution in [3.05, 3.63) is 60.4 Å². The van der Waals surface area contributed by atoms with Gasteiger partial charge in [-0.05, 0) is 36.4 Å². The number of amides is 1. The number of piperazine rings is 1. The van der Waals surface area contributed by atoms with Crippen LogP contribution in [-0.4, -0.2) is 58.2 Å². The molecule has 0 aliphatic carbocycles. The number of carbonyl (C=O) groups is 1. The van der Waals surface area contributed by atoms with Gasteiger partial charge in [0.05, 0.1) is 11.9 Å². The van der Waals surface area contributed by atoms with Crippen molar-refractivity contribution in [3.8, 4) is 0 Å². The SMILES string of the molecule is CS(=O)(=O)N(CC(=O)N1CCN(c2ccc(F)cc2)CC1)c1ccccc1. The number of hydrogen-bond acceptors (Lipinski definition) is 4. The first-order chi connectivity index (χ1) is 12.8. The Kier molecular flexibility index (Phi) is 5.65. The van der Waals surface area contributed by atoms with E-state index in [0.29, 0.717) is 31.9 Å². The first-order valence-electron chi connectivity index (χ1n) is 8.65. The molecule has 3 rings (SSSR count). The van der Waals surface area contributed by atoms with Crippen LogP contribution in [0.1, 0.15) is 0 Å². The Labute approximate surface area is 158 Å². The Morgan fingerprint density at radius 1 is 1.00 bits per heavy atom. The van der Waals surface area contributed by atoms with Crippen molar-refractivity contribution in [2.45, 2.75) is 0 Å². The third-order valence-electron chi connectivity index (χ3n) is 4.55. The van der Waals surface area contributed by atoms with Crippen LogP contribution in [0.25, 0.3) is 0 Å². The van der Waals surface area contributed by atoms with E-state index in [1.165, 1.54) is 12.1 Å². The molecule has 0 aromatic heterocycles. The Morgan fingerprint density at radius 3 is 2.15 bits per heavy atom. The molecule has 1 heterocycles. The first kappa shape index (κ1) is 19.2. The van der Waals surface area contributed by atoms with Gasteiger partial charge < -0.3 is 9.80 Å². The van der Waals surface area contributed by atoms with Crippen LogP contribution in [0.2, 0.25) is 0 Å². The van der Waals surface area contributed by atoms with Crippen molar-refractivity contribution in [1.82, 2.24) is 4.90 Å². The molecule has 0 bridgehead atoms. The molecule has 0 saturated carbocycles. The van der Waals surface area contributed by atoms with Gasteiger partial charge in [0.1, 0.15) is 12.4 Å². The molecule has 144 valence electrons. The average molecular weight is 391 g/mol. The fourth-order valence-electron chi connectivity index (χ4n) is 3.08. The fourth-order valence-corrected chi connectivity index (χ4v) is 3.93. The van der Waals surface area contributed by atoms with Crippen LogP contribution in [0, 0.1) is 5.82 Å². The largest absolute Gasteiger partial charge is 0.368 e. The van der Waals surface area contributed by atoms with Crippen LogP contribution < -0.4 is 9.21 Å². The summed E-state index contributed by atoms with van der Waals surface area (Å²) in [5, 5.41) is 0. The Morgan fingerprint density at radius 2 is 1.59 bits per heavy atom.